The Balaban J connectivity index is 1.73. The number of nitrogens with one attached hydrogen (secondary N) is 1. The number of aromatic amines is 1. The molecule has 0 aliphatic heterocycles. The monoisotopic (exact) mass is 384 g/mol. The van der Waals surface area contributed by atoms with Crippen LogP contribution in [0.2, 0.25) is 0 Å². The third kappa shape index (κ3) is 2.37. The quantitative estimate of drug-likeness (QED) is 0.597. The Labute approximate surface area is 131 Å². The lowest BCUT2D eigenvalue weighted by atomic mass is 9.98. The summed E-state index contributed by atoms with van der Waals surface area (Å²) in [6, 6.07) is 6.57. The fraction of sp³-hybridized carbons (Fsp3) is 0.533. The Hall–Kier alpha value is -0.360. The first-order valence-corrected chi connectivity index (χ1v) is 8.59. The summed E-state index contributed by atoms with van der Waals surface area (Å²) in [5, 5.41) is 0. The fourth-order valence-corrected chi connectivity index (χ4v) is 4.03. The second-order valence-electron chi connectivity index (χ2n) is 6.04. The number of nitrogens with zero attached hydrogens (tertiary/aromatic N) is 1. The number of hydrogen-bond acceptors (Lipinski definition) is 1. The third-order valence-electron chi connectivity index (χ3n) is 4.58. The van der Waals surface area contributed by atoms with E-state index >= 15 is 0 Å². The predicted octanol–water partition coefficient (Wildman–Crippen LogP) is 4.74. The standard InChI is InChI=1S/C15H17IN2S/c16-11-5-6-14-13(7-11)17-15(19)18(14)8-12(9-1-2-9)10-3-4-10/h5-7,9-10,12H,1-4,8H2,(H,17,19). The van der Waals surface area contributed by atoms with Crippen molar-refractivity contribution in [2.24, 2.45) is 17.8 Å². The number of imidazole rings is 1. The largest absolute Gasteiger partial charge is 0.331 e. The van der Waals surface area contributed by atoms with Gasteiger partial charge in [0, 0.05) is 10.1 Å². The summed E-state index contributed by atoms with van der Waals surface area (Å²) in [6.07, 6.45) is 5.76. The van der Waals surface area contributed by atoms with E-state index in [-0.39, 0.29) is 0 Å². The summed E-state index contributed by atoms with van der Waals surface area (Å²) in [4.78, 5) is 3.36. The zero-order valence-corrected chi connectivity index (χ0v) is 13.7. The van der Waals surface area contributed by atoms with Gasteiger partial charge in [-0.25, -0.2) is 0 Å². The molecule has 2 aliphatic carbocycles. The Morgan fingerprint density at radius 3 is 2.58 bits per heavy atom. The van der Waals surface area contributed by atoms with Crippen molar-refractivity contribution in [1.29, 1.82) is 0 Å². The number of halogens is 1. The lowest BCUT2D eigenvalue weighted by molar-refractivity contribution is 0.351. The van der Waals surface area contributed by atoms with Crippen molar-refractivity contribution in [3.05, 3.63) is 26.5 Å². The molecule has 0 unspecified atom stereocenters. The van der Waals surface area contributed by atoms with Crippen molar-refractivity contribution < 1.29 is 0 Å². The van der Waals surface area contributed by atoms with Crippen molar-refractivity contribution in [3.63, 3.8) is 0 Å². The van der Waals surface area contributed by atoms with Gasteiger partial charge in [-0.15, -0.1) is 0 Å². The molecule has 0 radical (unpaired) electrons. The van der Waals surface area contributed by atoms with Gasteiger partial charge >= 0.3 is 0 Å². The minimum Gasteiger partial charge on any atom is -0.331 e. The van der Waals surface area contributed by atoms with E-state index in [9.17, 15) is 0 Å². The molecule has 19 heavy (non-hydrogen) atoms. The molecule has 1 N–H and O–H groups in total. The third-order valence-corrected chi connectivity index (χ3v) is 5.58. The molecule has 4 heteroatoms. The Morgan fingerprint density at radius 1 is 1.26 bits per heavy atom. The number of hydrogen-bond donors (Lipinski definition) is 1. The highest BCUT2D eigenvalue weighted by Crippen LogP contribution is 2.50. The van der Waals surface area contributed by atoms with E-state index in [0.29, 0.717) is 0 Å². The summed E-state index contributed by atoms with van der Waals surface area (Å²) in [6.45, 7) is 1.12. The average molecular weight is 384 g/mol. The van der Waals surface area contributed by atoms with Crippen LogP contribution in [0.15, 0.2) is 18.2 Å². The van der Waals surface area contributed by atoms with E-state index < -0.39 is 0 Å². The van der Waals surface area contributed by atoms with Crippen molar-refractivity contribution in [3.8, 4) is 0 Å². The minimum absolute atomic E-state index is 0.866. The van der Waals surface area contributed by atoms with Gasteiger partial charge in [0.1, 0.15) is 0 Å². The van der Waals surface area contributed by atoms with Crippen molar-refractivity contribution in [2.45, 2.75) is 32.2 Å². The molecular weight excluding hydrogens is 367 g/mol. The highest BCUT2D eigenvalue weighted by Gasteiger charge is 2.41. The highest BCUT2D eigenvalue weighted by molar-refractivity contribution is 14.1. The zero-order chi connectivity index (χ0) is 13.0. The van der Waals surface area contributed by atoms with Crippen LogP contribution in [-0.2, 0) is 6.54 Å². The van der Waals surface area contributed by atoms with Crippen molar-refractivity contribution in [2.75, 3.05) is 0 Å². The molecule has 0 amide bonds. The predicted molar refractivity (Wildman–Crippen MR) is 88.8 cm³/mol. The molecule has 2 saturated carbocycles. The maximum Gasteiger partial charge on any atom is 0.178 e. The average Bonchev–Trinajstić information content (AvgIpc) is 3.24. The van der Waals surface area contributed by atoms with Gasteiger partial charge in [-0.1, -0.05) is 0 Å². The zero-order valence-electron chi connectivity index (χ0n) is 10.7. The smallest absolute Gasteiger partial charge is 0.178 e. The van der Waals surface area contributed by atoms with Crippen LogP contribution in [0.25, 0.3) is 11.0 Å². The van der Waals surface area contributed by atoms with Crippen LogP contribution >= 0.6 is 34.8 Å². The van der Waals surface area contributed by atoms with E-state index in [1.807, 2.05) is 0 Å². The maximum atomic E-state index is 5.53. The van der Waals surface area contributed by atoms with Gasteiger partial charge in [-0.3, -0.25) is 0 Å². The van der Waals surface area contributed by atoms with Crippen LogP contribution < -0.4 is 0 Å². The van der Waals surface area contributed by atoms with Gasteiger partial charge in [0.15, 0.2) is 4.77 Å². The van der Waals surface area contributed by atoms with Crippen molar-refractivity contribution >= 4 is 45.8 Å². The fourth-order valence-electron chi connectivity index (χ4n) is 3.26. The Bertz CT molecular complexity index is 667. The summed E-state index contributed by atoms with van der Waals surface area (Å²) in [7, 11) is 0. The van der Waals surface area contributed by atoms with Crippen LogP contribution in [-0.4, -0.2) is 9.55 Å². The van der Waals surface area contributed by atoms with Crippen LogP contribution in [0.5, 0.6) is 0 Å². The number of H-pyrrole nitrogens is 1. The first-order chi connectivity index (χ1) is 9.22. The van der Waals surface area contributed by atoms with Gasteiger partial charge in [0.05, 0.1) is 11.0 Å². The number of rotatable bonds is 4. The molecular formula is C15H17IN2S. The molecule has 1 aromatic heterocycles. The molecule has 100 valence electrons. The molecule has 4 rings (SSSR count). The SMILES string of the molecule is S=c1[nH]c2cc(I)ccc2n1CC(C1CC1)C1CC1. The number of benzene rings is 1. The van der Waals surface area contributed by atoms with E-state index in [0.717, 1.165) is 29.1 Å². The van der Waals surface area contributed by atoms with E-state index in [2.05, 4.69) is 50.3 Å². The van der Waals surface area contributed by atoms with Gasteiger partial charge in [0.2, 0.25) is 0 Å². The van der Waals surface area contributed by atoms with E-state index in [4.69, 9.17) is 12.2 Å². The normalized spacial score (nSPS) is 19.5. The molecule has 0 bridgehead atoms. The molecule has 2 aliphatic rings. The number of fused-ring (bicyclic) bond motifs is 1. The molecule has 0 saturated heterocycles. The first kappa shape index (κ1) is 12.4. The van der Waals surface area contributed by atoms with Gasteiger partial charge in [-0.05, 0) is 96.4 Å². The highest BCUT2D eigenvalue weighted by atomic mass is 127. The number of aromatic nitrogens is 2. The summed E-state index contributed by atoms with van der Waals surface area (Å²) in [5.41, 5.74) is 2.46. The van der Waals surface area contributed by atoms with Crippen LogP contribution in [0.4, 0.5) is 0 Å². The van der Waals surface area contributed by atoms with Gasteiger partial charge in [0.25, 0.3) is 0 Å². The van der Waals surface area contributed by atoms with Gasteiger partial charge in [-0.2, -0.15) is 0 Å². The molecule has 1 heterocycles. The molecule has 0 spiro atoms. The Kier molecular flexibility index (Phi) is 2.99. The molecule has 2 nitrogen and oxygen atoms in total. The molecule has 1 aromatic carbocycles. The second-order valence-corrected chi connectivity index (χ2v) is 7.67. The minimum atomic E-state index is 0.866. The molecule has 0 atom stereocenters. The maximum absolute atomic E-state index is 5.53. The lowest BCUT2D eigenvalue weighted by Crippen LogP contribution is -2.15. The molecule has 2 aromatic rings. The second kappa shape index (κ2) is 4.58. The van der Waals surface area contributed by atoms with Crippen molar-refractivity contribution in [1.82, 2.24) is 9.55 Å². The Morgan fingerprint density at radius 2 is 1.95 bits per heavy atom. The summed E-state index contributed by atoms with van der Waals surface area (Å²) < 4.78 is 4.49. The van der Waals surface area contributed by atoms with Crippen LogP contribution in [0, 0.1) is 26.1 Å². The lowest BCUT2D eigenvalue weighted by Gasteiger charge is -2.16. The van der Waals surface area contributed by atoms with Gasteiger partial charge < -0.3 is 9.55 Å². The van der Waals surface area contributed by atoms with Crippen LogP contribution in [0.3, 0.4) is 0 Å². The van der Waals surface area contributed by atoms with E-state index in [1.54, 1.807) is 0 Å². The molecule has 2 fully saturated rings. The van der Waals surface area contributed by atoms with Crippen LogP contribution in [0.1, 0.15) is 25.7 Å². The summed E-state index contributed by atoms with van der Waals surface area (Å²) in [5.74, 6) is 2.82. The topological polar surface area (TPSA) is 20.7 Å². The summed E-state index contributed by atoms with van der Waals surface area (Å²) >= 11 is 7.89. The van der Waals surface area contributed by atoms with E-state index in [1.165, 1.54) is 40.3 Å². The first-order valence-electron chi connectivity index (χ1n) is 7.10.